The summed E-state index contributed by atoms with van der Waals surface area (Å²) >= 11 is 0. The first kappa shape index (κ1) is 17.5. The van der Waals surface area contributed by atoms with E-state index in [-0.39, 0.29) is 24.2 Å². The summed E-state index contributed by atoms with van der Waals surface area (Å²) in [7, 11) is 4.72. The Morgan fingerprint density at radius 1 is 1.19 bits per heavy atom. The van der Waals surface area contributed by atoms with Crippen LogP contribution >= 0.6 is 0 Å². The van der Waals surface area contributed by atoms with Gasteiger partial charge in [-0.05, 0) is 11.5 Å². The van der Waals surface area contributed by atoms with Gasteiger partial charge in [0.2, 0.25) is 11.8 Å². The maximum absolute atomic E-state index is 12.6. The van der Waals surface area contributed by atoms with E-state index in [1.165, 1.54) is 16.7 Å². The van der Waals surface area contributed by atoms with Gasteiger partial charge < -0.3 is 15.0 Å². The molecule has 0 radical (unpaired) electrons. The number of fused-ring (bicyclic) bond motifs is 1. The van der Waals surface area contributed by atoms with Crippen molar-refractivity contribution in [2.45, 2.75) is 0 Å². The van der Waals surface area contributed by atoms with Gasteiger partial charge in [-0.25, -0.2) is 0 Å². The van der Waals surface area contributed by atoms with E-state index in [0.717, 1.165) is 10.8 Å². The van der Waals surface area contributed by atoms with Crippen LogP contribution in [0, 0.1) is 0 Å². The molecule has 0 unspecified atom stereocenters. The third-order valence-corrected chi connectivity index (χ3v) is 4.01. The largest absolute Gasteiger partial charge is 0.479 e. The highest BCUT2D eigenvalue weighted by atomic mass is 16.5. The van der Waals surface area contributed by atoms with Gasteiger partial charge in [-0.3, -0.25) is 14.3 Å². The predicted molar refractivity (Wildman–Crippen MR) is 99.3 cm³/mol. The first-order valence-corrected chi connectivity index (χ1v) is 8.10. The number of aromatic nitrogens is 2. The molecular weight excluding hydrogens is 332 g/mol. The molecule has 0 saturated heterocycles. The fraction of sp³-hybridized carbons (Fsp3) is 0.211. The number of aryl methyl sites for hydroxylation is 1. The minimum Gasteiger partial charge on any atom is -0.479 e. The van der Waals surface area contributed by atoms with Crippen molar-refractivity contribution in [1.82, 2.24) is 14.7 Å². The summed E-state index contributed by atoms with van der Waals surface area (Å²) in [6.45, 7) is -0.0832. The summed E-state index contributed by atoms with van der Waals surface area (Å²) in [5, 5.41) is 8.92. The van der Waals surface area contributed by atoms with E-state index in [1.54, 1.807) is 20.3 Å². The number of likely N-dealkylation sites (N-methyl/N-ethyl adjacent to an activating group) is 1. The highest BCUT2D eigenvalue weighted by molar-refractivity contribution is 6.04. The van der Waals surface area contributed by atoms with Gasteiger partial charge in [0.1, 0.15) is 5.56 Å². The average molecular weight is 352 g/mol. The number of amides is 2. The van der Waals surface area contributed by atoms with Crippen LogP contribution < -0.4 is 10.1 Å². The molecule has 7 nitrogen and oxygen atoms in total. The number of methoxy groups -OCH3 is 1. The second-order valence-corrected chi connectivity index (χ2v) is 5.96. The zero-order valence-corrected chi connectivity index (χ0v) is 14.9. The molecule has 0 spiro atoms. The zero-order valence-electron chi connectivity index (χ0n) is 14.9. The third-order valence-electron chi connectivity index (χ3n) is 4.01. The predicted octanol–water partition coefficient (Wildman–Crippen LogP) is 2.29. The van der Waals surface area contributed by atoms with Crippen molar-refractivity contribution in [2.75, 3.05) is 26.0 Å². The molecule has 1 N–H and O–H groups in total. The van der Waals surface area contributed by atoms with Crippen molar-refractivity contribution in [3.05, 3.63) is 54.2 Å². The Morgan fingerprint density at radius 3 is 2.69 bits per heavy atom. The minimum atomic E-state index is -0.331. The Morgan fingerprint density at radius 2 is 1.92 bits per heavy atom. The van der Waals surface area contributed by atoms with Crippen molar-refractivity contribution in [3.8, 4) is 5.88 Å². The molecule has 26 heavy (non-hydrogen) atoms. The molecule has 3 rings (SSSR count). The molecule has 134 valence electrons. The highest BCUT2D eigenvalue weighted by Crippen LogP contribution is 2.23. The van der Waals surface area contributed by atoms with Crippen LogP contribution in [0.1, 0.15) is 10.4 Å². The maximum Gasteiger partial charge on any atom is 0.261 e. The second kappa shape index (κ2) is 7.26. The molecule has 0 aliphatic carbocycles. The zero-order chi connectivity index (χ0) is 18.7. The first-order chi connectivity index (χ1) is 12.5. The van der Waals surface area contributed by atoms with Crippen LogP contribution in [0.25, 0.3) is 10.8 Å². The molecule has 0 bridgehead atoms. The van der Waals surface area contributed by atoms with E-state index >= 15 is 0 Å². The summed E-state index contributed by atoms with van der Waals surface area (Å²) in [4.78, 5) is 26.3. The first-order valence-electron chi connectivity index (χ1n) is 8.10. The summed E-state index contributed by atoms with van der Waals surface area (Å²) in [5.41, 5.74) is 1.03. The third kappa shape index (κ3) is 3.51. The van der Waals surface area contributed by atoms with Gasteiger partial charge in [0.25, 0.3) is 5.91 Å². The fourth-order valence-corrected chi connectivity index (χ4v) is 2.78. The number of nitrogens with zero attached hydrogens (tertiary/aromatic N) is 3. The minimum absolute atomic E-state index is 0.0832. The lowest BCUT2D eigenvalue weighted by molar-refractivity contribution is -0.116. The lowest BCUT2D eigenvalue weighted by Gasteiger charge is -2.17. The van der Waals surface area contributed by atoms with Crippen LogP contribution in [0.3, 0.4) is 0 Å². The topological polar surface area (TPSA) is 76.5 Å². The van der Waals surface area contributed by atoms with Crippen molar-refractivity contribution in [2.24, 2.45) is 7.05 Å². The van der Waals surface area contributed by atoms with Crippen molar-refractivity contribution >= 4 is 28.3 Å². The number of ether oxygens (including phenoxy) is 1. The molecule has 0 atom stereocenters. The quantitative estimate of drug-likeness (QED) is 0.764. The molecule has 0 saturated carbocycles. The fourth-order valence-electron chi connectivity index (χ4n) is 2.78. The lowest BCUT2D eigenvalue weighted by atomic mass is 10.1. The second-order valence-electron chi connectivity index (χ2n) is 5.96. The number of hydrogen-bond acceptors (Lipinski definition) is 4. The van der Waals surface area contributed by atoms with E-state index in [9.17, 15) is 9.59 Å². The van der Waals surface area contributed by atoms with E-state index in [2.05, 4.69) is 10.4 Å². The van der Waals surface area contributed by atoms with E-state index in [4.69, 9.17) is 4.74 Å². The van der Waals surface area contributed by atoms with Crippen LogP contribution in [-0.2, 0) is 11.8 Å². The molecule has 2 amide bonds. The van der Waals surface area contributed by atoms with Gasteiger partial charge >= 0.3 is 0 Å². The van der Waals surface area contributed by atoms with Crippen LogP contribution in [0.15, 0.2) is 48.7 Å². The normalized spacial score (nSPS) is 10.6. The van der Waals surface area contributed by atoms with Crippen LogP contribution in [0.4, 0.5) is 5.69 Å². The monoisotopic (exact) mass is 352 g/mol. The molecular formula is C19H20N4O3. The van der Waals surface area contributed by atoms with Gasteiger partial charge in [-0.1, -0.05) is 36.4 Å². The van der Waals surface area contributed by atoms with Gasteiger partial charge in [0.05, 0.1) is 13.7 Å². The Hall–Kier alpha value is -3.35. The van der Waals surface area contributed by atoms with E-state index in [0.29, 0.717) is 11.3 Å². The Balaban J connectivity index is 1.72. The van der Waals surface area contributed by atoms with Crippen molar-refractivity contribution in [1.29, 1.82) is 0 Å². The number of carbonyl (C=O) groups is 2. The average Bonchev–Trinajstić information content (AvgIpc) is 3.02. The Labute approximate surface area is 151 Å². The molecule has 7 heteroatoms. The van der Waals surface area contributed by atoms with E-state index < -0.39 is 0 Å². The number of anilines is 1. The van der Waals surface area contributed by atoms with Crippen LogP contribution in [0.5, 0.6) is 5.88 Å². The van der Waals surface area contributed by atoms with Gasteiger partial charge in [-0.15, -0.1) is 5.10 Å². The summed E-state index contributed by atoms with van der Waals surface area (Å²) in [6, 6.07) is 13.5. The molecule has 0 fully saturated rings. The summed E-state index contributed by atoms with van der Waals surface area (Å²) < 4.78 is 6.60. The van der Waals surface area contributed by atoms with E-state index in [1.807, 2.05) is 42.5 Å². The van der Waals surface area contributed by atoms with Crippen molar-refractivity contribution < 1.29 is 14.3 Å². The number of hydrogen-bond donors (Lipinski definition) is 1. The highest BCUT2D eigenvalue weighted by Gasteiger charge is 2.21. The SMILES string of the molecule is COc1nn(C)cc1C(=O)N(C)CC(=O)Nc1cccc2ccccc12. The summed E-state index contributed by atoms with van der Waals surface area (Å²) in [5.74, 6) is -0.373. The van der Waals surface area contributed by atoms with Gasteiger partial charge in [0.15, 0.2) is 0 Å². The maximum atomic E-state index is 12.6. The van der Waals surface area contributed by atoms with Gasteiger partial charge in [0, 0.05) is 31.4 Å². The molecule has 3 aromatic rings. The summed E-state index contributed by atoms with van der Waals surface area (Å²) in [6.07, 6.45) is 1.57. The number of nitrogens with one attached hydrogen (secondary N) is 1. The Kier molecular flexibility index (Phi) is 4.88. The molecule has 1 aromatic heterocycles. The van der Waals surface area contributed by atoms with Gasteiger partial charge in [-0.2, -0.15) is 0 Å². The number of rotatable bonds is 5. The number of carbonyl (C=O) groups excluding carboxylic acids is 2. The smallest absolute Gasteiger partial charge is 0.261 e. The molecule has 1 heterocycles. The lowest BCUT2D eigenvalue weighted by Crippen LogP contribution is -2.35. The Bertz CT molecular complexity index is 959. The molecule has 0 aliphatic rings. The standard InChI is InChI=1S/C19H20N4O3/c1-22(19(25)15-11-23(2)21-18(15)26-3)12-17(24)20-16-10-6-8-13-7-4-5-9-14(13)16/h4-11H,12H2,1-3H3,(H,20,24). The molecule has 0 aliphatic heterocycles. The van der Waals surface area contributed by atoms with Crippen LogP contribution in [0.2, 0.25) is 0 Å². The van der Waals surface area contributed by atoms with Crippen LogP contribution in [-0.4, -0.2) is 47.2 Å². The van der Waals surface area contributed by atoms with Crippen molar-refractivity contribution in [3.63, 3.8) is 0 Å². The molecule has 2 aromatic carbocycles. The number of benzene rings is 2.